The number of β-amino-alcohol motifs (C(OH)–C–C–N with tert-alkyl or cyclic N) is 1. The Bertz CT molecular complexity index is 1430. The second kappa shape index (κ2) is 9.32. The number of piperidine rings is 1. The molecule has 4 aromatic rings. The Morgan fingerprint density at radius 3 is 2.69 bits per heavy atom. The highest BCUT2D eigenvalue weighted by Crippen LogP contribution is 2.44. The van der Waals surface area contributed by atoms with Crippen molar-refractivity contribution in [3.05, 3.63) is 60.2 Å². The maximum atomic E-state index is 14.1. The fourth-order valence-electron chi connectivity index (χ4n) is 4.50. The van der Waals surface area contributed by atoms with Crippen molar-refractivity contribution in [3.8, 4) is 11.4 Å². The van der Waals surface area contributed by atoms with Crippen LogP contribution in [0.1, 0.15) is 30.7 Å². The number of aromatic nitrogens is 5. The largest absolute Gasteiger partial charge is 0.390 e. The summed E-state index contributed by atoms with van der Waals surface area (Å²) in [5, 5.41) is 20.9. The molecule has 1 aliphatic carbocycles. The SMILES string of the molecule is O[C@H]1CNCC[C@H]1Nc1nc(-c2ccnc(Nc3ncc(F)cc3F)c2)nc2cncc(C3CC3)c12. The van der Waals surface area contributed by atoms with Crippen molar-refractivity contribution in [2.75, 3.05) is 23.7 Å². The Morgan fingerprint density at radius 2 is 1.89 bits per heavy atom. The van der Waals surface area contributed by atoms with Crippen LogP contribution in [0.15, 0.2) is 43.0 Å². The van der Waals surface area contributed by atoms with Crippen molar-refractivity contribution in [3.63, 3.8) is 0 Å². The molecule has 0 bridgehead atoms. The molecule has 36 heavy (non-hydrogen) atoms. The molecule has 1 saturated carbocycles. The number of nitrogens with one attached hydrogen (secondary N) is 3. The highest BCUT2D eigenvalue weighted by Gasteiger charge is 2.29. The van der Waals surface area contributed by atoms with Crippen LogP contribution in [0.4, 0.5) is 26.2 Å². The summed E-state index contributed by atoms with van der Waals surface area (Å²) in [4.78, 5) is 22.1. The summed E-state index contributed by atoms with van der Waals surface area (Å²) in [5.41, 5.74) is 2.45. The van der Waals surface area contributed by atoms with Gasteiger partial charge in [-0.1, -0.05) is 0 Å². The van der Waals surface area contributed by atoms with Crippen LogP contribution in [0.5, 0.6) is 0 Å². The topological polar surface area (TPSA) is 121 Å². The smallest absolute Gasteiger partial charge is 0.168 e. The lowest BCUT2D eigenvalue weighted by Crippen LogP contribution is -2.47. The number of aliphatic hydroxyl groups excluding tert-OH is 1. The lowest BCUT2D eigenvalue weighted by atomic mass is 10.0. The van der Waals surface area contributed by atoms with Gasteiger partial charge in [-0.15, -0.1) is 0 Å². The molecule has 2 fully saturated rings. The third-order valence-electron chi connectivity index (χ3n) is 6.50. The number of hydrogen-bond acceptors (Lipinski definition) is 9. The molecule has 2 atom stereocenters. The lowest BCUT2D eigenvalue weighted by Gasteiger charge is -2.30. The van der Waals surface area contributed by atoms with Gasteiger partial charge in [0.1, 0.15) is 17.5 Å². The summed E-state index contributed by atoms with van der Waals surface area (Å²) < 4.78 is 27.3. The van der Waals surface area contributed by atoms with Gasteiger partial charge >= 0.3 is 0 Å². The van der Waals surface area contributed by atoms with Crippen molar-refractivity contribution < 1.29 is 13.9 Å². The highest BCUT2D eigenvalue weighted by molar-refractivity contribution is 5.93. The summed E-state index contributed by atoms with van der Waals surface area (Å²) in [6.07, 6.45) is 8.49. The van der Waals surface area contributed by atoms with E-state index in [0.717, 1.165) is 49.0 Å². The quantitative estimate of drug-likeness (QED) is 0.322. The van der Waals surface area contributed by atoms with Crippen molar-refractivity contribution in [1.29, 1.82) is 0 Å². The minimum Gasteiger partial charge on any atom is -0.390 e. The molecular formula is C25H24F2N8O. The highest BCUT2D eigenvalue weighted by atomic mass is 19.1. The van der Waals surface area contributed by atoms with Gasteiger partial charge < -0.3 is 21.1 Å². The van der Waals surface area contributed by atoms with Gasteiger partial charge in [-0.3, -0.25) is 4.98 Å². The van der Waals surface area contributed by atoms with Crippen LogP contribution >= 0.6 is 0 Å². The zero-order valence-electron chi connectivity index (χ0n) is 19.2. The molecular weight excluding hydrogens is 466 g/mol. The Morgan fingerprint density at radius 1 is 1.00 bits per heavy atom. The molecule has 1 aliphatic heterocycles. The van der Waals surface area contributed by atoms with Crippen LogP contribution in [-0.4, -0.2) is 55.3 Å². The molecule has 1 saturated heterocycles. The van der Waals surface area contributed by atoms with Crippen LogP contribution in [0.3, 0.4) is 0 Å². The van der Waals surface area contributed by atoms with E-state index < -0.39 is 17.7 Å². The number of pyridine rings is 3. The molecule has 6 rings (SSSR count). The fourth-order valence-corrected chi connectivity index (χ4v) is 4.50. The van der Waals surface area contributed by atoms with Gasteiger partial charge in [-0.05, 0) is 49.4 Å². The van der Waals surface area contributed by atoms with Gasteiger partial charge in [0.05, 0.1) is 30.1 Å². The Labute approximate surface area is 205 Å². The summed E-state index contributed by atoms with van der Waals surface area (Å²) in [6.45, 7) is 1.31. The summed E-state index contributed by atoms with van der Waals surface area (Å²) >= 11 is 0. The second-order valence-electron chi connectivity index (χ2n) is 9.14. The average Bonchev–Trinajstić information content (AvgIpc) is 3.72. The van der Waals surface area contributed by atoms with Gasteiger partial charge in [-0.2, -0.15) is 0 Å². The molecule has 0 amide bonds. The molecule has 2 aliphatic rings. The zero-order chi connectivity index (χ0) is 24.6. The first-order chi connectivity index (χ1) is 17.5. The van der Waals surface area contributed by atoms with Gasteiger partial charge in [-0.25, -0.2) is 28.7 Å². The molecule has 0 unspecified atom stereocenters. The summed E-state index contributed by atoms with van der Waals surface area (Å²) in [6, 6.07) is 4.03. The number of fused-ring (bicyclic) bond motifs is 1. The van der Waals surface area contributed by atoms with Crippen LogP contribution in [0.2, 0.25) is 0 Å². The molecule has 9 nitrogen and oxygen atoms in total. The van der Waals surface area contributed by atoms with E-state index in [-0.39, 0.29) is 11.9 Å². The van der Waals surface area contributed by atoms with E-state index in [9.17, 15) is 13.9 Å². The maximum Gasteiger partial charge on any atom is 0.168 e. The number of rotatable bonds is 6. The maximum absolute atomic E-state index is 14.1. The summed E-state index contributed by atoms with van der Waals surface area (Å²) in [7, 11) is 0. The normalized spacial score (nSPS) is 19.9. The number of hydrogen-bond donors (Lipinski definition) is 4. The van der Waals surface area contributed by atoms with Crippen molar-refractivity contribution in [2.45, 2.75) is 37.3 Å². The predicted octanol–water partition coefficient (Wildman–Crippen LogP) is 3.52. The number of halogens is 2. The lowest BCUT2D eigenvalue weighted by molar-refractivity contribution is 0.128. The molecule has 184 valence electrons. The monoisotopic (exact) mass is 490 g/mol. The van der Waals surface area contributed by atoms with Crippen molar-refractivity contribution in [1.82, 2.24) is 30.2 Å². The Hall–Kier alpha value is -3.83. The minimum atomic E-state index is -0.824. The Kier molecular flexibility index (Phi) is 5.86. The standard InChI is InChI=1S/C25H24F2N8O/c26-15-8-17(27)24(31-9-15)34-21-7-14(3-6-30-21)23-33-19-11-29-10-16(13-1-2-13)22(19)25(35-23)32-18-4-5-28-12-20(18)36/h3,6-11,13,18,20,28,36H,1-2,4-5,12H2,(H,30,31,34)(H,32,33,35)/t18-,20+/m1/s1. The van der Waals surface area contributed by atoms with E-state index in [1.54, 1.807) is 24.5 Å². The van der Waals surface area contributed by atoms with E-state index in [0.29, 0.717) is 41.0 Å². The molecule has 4 aromatic heterocycles. The second-order valence-corrected chi connectivity index (χ2v) is 9.14. The van der Waals surface area contributed by atoms with Gasteiger partial charge in [0.25, 0.3) is 0 Å². The van der Waals surface area contributed by atoms with E-state index in [2.05, 4.69) is 30.9 Å². The first-order valence-corrected chi connectivity index (χ1v) is 11.9. The van der Waals surface area contributed by atoms with Gasteiger partial charge in [0.2, 0.25) is 0 Å². The average molecular weight is 491 g/mol. The van der Waals surface area contributed by atoms with Crippen molar-refractivity contribution >= 4 is 28.4 Å². The molecule has 5 heterocycles. The van der Waals surface area contributed by atoms with Crippen LogP contribution in [0.25, 0.3) is 22.3 Å². The first-order valence-electron chi connectivity index (χ1n) is 11.9. The van der Waals surface area contributed by atoms with Crippen LogP contribution in [-0.2, 0) is 0 Å². The zero-order valence-corrected chi connectivity index (χ0v) is 19.2. The van der Waals surface area contributed by atoms with E-state index in [4.69, 9.17) is 9.97 Å². The first kappa shape index (κ1) is 22.6. The van der Waals surface area contributed by atoms with Crippen LogP contribution < -0.4 is 16.0 Å². The molecule has 0 radical (unpaired) electrons. The van der Waals surface area contributed by atoms with E-state index in [1.807, 2.05) is 6.20 Å². The predicted molar refractivity (Wildman–Crippen MR) is 131 cm³/mol. The molecule has 11 heteroatoms. The summed E-state index contributed by atoms with van der Waals surface area (Å²) in [5.74, 6) is 0.105. The van der Waals surface area contributed by atoms with E-state index in [1.165, 1.54) is 0 Å². The van der Waals surface area contributed by atoms with Crippen molar-refractivity contribution in [2.24, 2.45) is 0 Å². The van der Waals surface area contributed by atoms with Gasteiger partial charge in [0.15, 0.2) is 17.5 Å². The van der Waals surface area contributed by atoms with Gasteiger partial charge in [0, 0.05) is 36.0 Å². The minimum absolute atomic E-state index is 0.138. The third kappa shape index (κ3) is 4.54. The fraction of sp³-hybridized carbons (Fsp3) is 0.320. The number of aliphatic hydroxyl groups is 1. The Balaban J connectivity index is 1.40. The van der Waals surface area contributed by atoms with Crippen LogP contribution in [0, 0.1) is 11.6 Å². The molecule has 0 aromatic carbocycles. The number of nitrogens with zero attached hydrogens (tertiary/aromatic N) is 5. The number of anilines is 3. The third-order valence-corrected chi connectivity index (χ3v) is 6.50. The molecule has 4 N–H and O–H groups in total. The van der Waals surface area contributed by atoms with E-state index >= 15 is 0 Å². The molecule has 0 spiro atoms.